The summed E-state index contributed by atoms with van der Waals surface area (Å²) in [6, 6.07) is 6.15. The molecule has 0 spiro atoms. The molecule has 4 saturated heterocycles. The highest BCUT2D eigenvalue weighted by molar-refractivity contribution is 6.03. The quantitative estimate of drug-likeness (QED) is 0.308. The Hall–Kier alpha value is -4.20. The fraction of sp³-hybridized carbons (Fsp3) is 0.382. The number of piperazine rings is 1. The van der Waals surface area contributed by atoms with Gasteiger partial charge < -0.3 is 15.3 Å². The number of hydrogen-bond donors (Lipinski definition) is 2. The fourth-order valence-electron chi connectivity index (χ4n) is 7.92. The molecule has 2 N–H and O–H groups in total. The smallest absolute Gasteiger partial charge is 0.175 e. The Labute approximate surface area is 252 Å². The summed E-state index contributed by atoms with van der Waals surface area (Å²) in [4.78, 5) is 18.5. The van der Waals surface area contributed by atoms with Crippen molar-refractivity contribution in [1.82, 2.24) is 25.2 Å². The lowest BCUT2D eigenvalue weighted by molar-refractivity contribution is 0.247. The van der Waals surface area contributed by atoms with Gasteiger partial charge in [-0.3, -0.25) is 9.88 Å². The average Bonchev–Trinajstić information content (AvgIpc) is 3.66. The minimum atomic E-state index is -0.884. The molecule has 2 aromatic carbocycles. The number of nitrogens with zero attached hydrogens (tertiary/aromatic N) is 5. The van der Waals surface area contributed by atoms with E-state index >= 15 is 4.39 Å². The molecule has 0 amide bonds. The summed E-state index contributed by atoms with van der Waals surface area (Å²) >= 11 is 0. The van der Waals surface area contributed by atoms with Crippen molar-refractivity contribution in [3.05, 3.63) is 59.6 Å². The second-order valence-electron chi connectivity index (χ2n) is 12.6. The summed E-state index contributed by atoms with van der Waals surface area (Å²) in [6.45, 7) is 2.70. The number of hydrogen-bond acceptors (Lipinski definition) is 7. The molecule has 8 rings (SSSR count). The second-order valence-corrected chi connectivity index (χ2v) is 12.6. The number of anilines is 1. The van der Waals surface area contributed by atoms with E-state index < -0.39 is 17.8 Å². The molecule has 2 bridgehead atoms. The van der Waals surface area contributed by atoms with E-state index in [1.807, 2.05) is 6.08 Å². The normalized spacial score (nSPS) is 26.7. The minimum Gasteiger partial charge on any atom is -0.508 e. The summed E-state index contributed by atoms with van der Waals surface area (Å²) in [5.74, 6) is 1.83. The van der Waals surface area contributed by atoms with Crippen molar-refractivity contribution < 1.29 is 18.3 Å². The van der Waals surface area contributed by atoms with Crippen molar-refractivity contribution in [2.75, 3.05) is 31.1 Å². The van der Waals surface area contributed by atoms with E-state index in [4.69, 9.17) is 11.4 Å². The lowest BCUT2D eigenvalue weighted by atomic mass is 9.93. The highest BCUT2D eigenvalue weighted by Crippen LogP contribution is 2.42. The Balaban J connectivity index is 1.32. The Kier molecular flexibility index (Phi) is 6.33. The van der Waals surface area contributed by atoms with Crippen molar-refractivity contribution in [2.45, 2.75) is 55.9 Å². The number of rotatable bonds is 4. The van der Waals surface area contributed by atoms with Gasteiger partial charge in [0.2, 0.25) is 0 Å². The summed E-state index contributed by atoms with van der Waals surface area (Å²) in [7, 11) is 0. The third-order valence-electron chi connectivity index (χ3n) is 9.85. The van der Waals surface area contributed by atoms with Gasteiger partial charge in [-0.05, 0) is 61.9 Å². The van der Waals surface area contributed by atoms with Crippen LogP contribution in [0, 0.1) is 24.0 Å². The van der Waals surface area contributed by atoms with Crippen molar-refractivity contribution in [3.8, 4) is 29.4 Å². The van der Waals surface area contributed by atoms with Gasteiger partial charge in [-0.1, -0.05) is 18.1 Å². The predicted molar refractivity (Wildman–Crippen MR) is 164 cm³/mol. The first-order valence-electron chi connectivity index (χ1n) is 15.2. The average molecular weight is 597 g/mol. The molecule has 2 unspecified atom stereocenters. The van der Waals surface area contributed by atoms with E-state index in [9.17, 15) is 13.9 Å². The maximum atomic E-state index is 16.8. The van der Waals surface area contributed by atoms with Crippen LogP contribution in [0.3, 0.4) is 0 Å². The molecular formula is C34H31F3N6O. The SMILES string of the molecule is C#Cc1c(F)ccc2cc(O)cc(-c3ncc4c(N5C[C@H]6CC[C@@H](C5)N6)nc(/C=C/C56CCCN5CC(F)C6)nc4c3F)c12. The predicted octanol–water partition coefficient (Wildman–Crippen LogP) is 5.34. The van der Waals surface area contributed by atoms with Crippen LogP contribution in [0.5, 0.6) is 5.75 Å². The minimum absolute atomic E-state index is 0.0369. The maximum absolute atomic E-state index is 16.8. The van der Waals surface area contributed by atoms with E-state index in [2.05, 4.69) is 31.0 Å². The summed E-state index contributed by atoms with van der Waals surface area (Å²) in [5, 5.41) is 15.3. The fourth-order valence-corrected chi connectivity index (χ4v) is 7.92. The van der Waals surface area contributed by atoms with Gasteiger partial charge in [0.25, 0.3) is 0 Å². The Morgan fingerprint density at radius 2 is 1.93 bits per heavy atom. The topological polar surface area (TPSA) is 77.4 Å². The van der Waals surface area contributed by atoms with Gasteiger partial charge in [-0.2, -0.15) is 0 Å². The van der Waals surface area contributed by atoms with Crippen LogP contribution in [0.1, 0.15) is 43.5 Å². The van der Waals surface area contributed by atoms with Crippen LogP contribution in [0.25, 0.3) is 39.0 Å². The third kappa shape index (κ3) is 4.32. The molecular weight excluding hydrogens is 565 g/mol. The zero-order valence-electron chi connectivity index (χ0n) is 24.0. The maximum Gasteiger partial charge on any atom is 0.175 e. The van der Waals surface area contributed by atoms with Crippen LogP contribution in [-0.2, 0) is 0 Å². The molecule has 44 heavy (non-hydrogen) atoms. The summed E-state index contributed by atoms with van der Waals surface area (Å²) in [6.07, 6.45) is 14.5. The highest BCUT2D eigenvalue weighted by atomic mass is 19.1. The zero-order chi connectivity index (χ0) is 30.2. The van der Waals surface area contributed by atoms with Gasteiger partial charge in [-0.15, -0.1) is 6.42 Å². The molecule has 7 nitrogen and oxygen atoms in total. The zero-order valence-corrected chi connectivity index (χ0v) is 24.0. The highest BCUT2D eigenvalue weighted by Gasteiger charge is 2.47. The first kappa shape index (κ1) is 27.4. The van der Waals surface area contributed by atoms with Crippen molar-refractivity contribution >= 4 is 33.6 Å². The van der Waals surface area contributed by atoms with Crippen LogP contribution >= 0.6 is 0 Å². The lowest BCUT2D eigenvalue weighted by Gasteiger charge is -2.34. The largest absolute Gasteiger partial charge is 0.508 e. The number of aromatic hydroxyl groups is 1. The number of aromatic nitrogens is 3. The molecule has 4 aliphatic rings. The Morgan fingerprint density at radius 1 is 1.11 bits per heavy atom. The van der Waals surface area contributed by atoms with E-state index in [-0.39, 0.29) is 39.0 Å². The first-order chi connectivity index (χ1) is 21.3. The van der Waals surface area contributed by atoms with Crippen molar-refractivity contribution in [2.24, 2.45) is 0 Å². The van der Waals surface area contributed by atoms with Gasteiger partial charge in [-0.25, -0.2) is 23.1 Å². The van der Waals surface area contributed by atoms with Gasteiger partial charge in [0.1, 0.15) is 34.8 Å². The molecule has 2 aromatic heterocycles. The number of phenols is 1. The molecule has 4 fully saturated rings. The van der Waals surface area contributed by atoms with E-state index in [0.29, 0.717) is 47.5 Å². The molecule has 0 radical (unpaired) electrons. The van der Waals surface area contributed by atoms with Crippen LogP contribution in [0.2, 0.25) is 0 Å². The number of alkyl halides is 1. The number of pyridine rings is 1. The Bertz CT molecular complexity index is 1890. The molecule has 4 aliphatic heterocycles. The number of nitrogens with one attached hydrogen (secondary N) is 1. The number of phenolic OH excluding ortho intramolecular Hbond substituents is 1. The molecule has 6 heterocycles. The molecule has 0 saturated carbocycles. The van der Waals surface area contributed by atoms with Crippen LogP contribution < -0.4 is 10.2 Å². The molecule has 10 heteroatoms. The van der Waals surface area contributed by atoms with Crippen molar-refractivity contribution in [1.29, 1.82) is 0 Å². The Morgan fingerprint density at radius 3 is 2.73 bits per heavy atom. The van der Waals surface area contributed by atoms with E-state index in [1.54, 1.807) is 12.3 Å². The standard InChI is InChI=1S/C34H31F3N6O/c1-2-24-27(36)7-4-19-12-23(44)13-25(29(19)24)31-30(37)32-26(15-38-31)33(42-17-21-5-6-22(18-42)39-21)41-28(40-32)8-10-34-9-3-11-43(34)16-20(35)14-34/h1,4,7-8,10,12-13,15,20-22,39,44H,3,5-6,9,11,14,16-18H2/b10-8+/t20?,21-,22+,34?. The third-order valence-corrected chi connectivity index (χ3v) is 9.85. The number of terminal acetylenes is 1. The molecule has 0 aliphatic carbocycles. The second kappa shape index (κ2) is 10.2. The lowest BCUT2D eigenvalue weighted by Crippen LogP contribution is -2.51. The number of benzene rings is 2. The molecule has 4 aromatic rings. The number of halogens is 3. The molecule has 224 valence electrons. The van der Waals surface area contributed by atoms with Crippen LogP contribution in [0.4, 0.5) is 19.0 Å². The summed E-state index contributed by atoms with van der Waals surface area (Å²) < 4.78 is 46.0. The van der Waals surface area contributed by atoms with Crippen molar-refractivity contribution in [3.63, 3.8) is 0 Å². The van der Waals surface area contributed by atoms with Crippen LogP contribution in [0.15, 0.2) is 36.5 Å². The monoisotopic (exact) mass is 596 g/mol. The van der Waals surface area contributed by atoms with Gasteiger partial charge in [0, 0.05) is 60.8 Å². The first-order valence-corrected chi connectivity index (χ1v) is 15.2. The molecule has 4 atom stereocenters. The van der Waals surface area contributed by atoms with E-state index in [1.165, 1.54) is 24.3 Å². The summed E-state index contributed by atoms with van der Waals surface area (Å²) in [5.41, 5.74) is -0.284. The number of fused-ring (bicyclic) bond motifs is 5. The van der Waals surface area contributed by atoms with Crippen LogP contribution in [-0.4, -0.2) is 74.9 Å². The van der Waals surface area contributed by atoms with Gasteiger partial charge >= 0.3 is 0 Å². The van der Waals surface area contributed by atoms with Gasteiger partial charge in [0.15, 0.2) is 11.6 Å². The van der Waals surface area contributed by atoms with Gasteiger partial charge in [0.05, 0.1) is 10.9 Å². The van der Waals surface area contributed by atoms with E-state index in [0.717, 1.165) is 45.3 Å².